The Morgan fingerprint density at radius 1 is 0.700 bits per heavy atom. The maximum absolute atomic E-state index is 11.4. The predicted molar refractivity (Wildman–Crippen MR) is 86.1 cm³/mol. The van der Waals surface area contributed by atoms with E-state index in [1.807, 2.05) is 0 Å². The van der Waals surface area contributed by atoms with Gasteiger partial charge in [0, 0.05) is 4.57 Å². The van der Waals surface area contributed by atoms with Gasteiger partial charge in [-0.25, -0.2) is 0 Å². The van der Waals surface area contributed by atoms with Crippen LogP contribution in [0, 0.1) is 11.8 Å². The van der Waals surface area contributed by atoms with Gasteiger partial charge in [-0.15, -0.1) is 9.05 Å². The summed E-state index contributed by atoms with van der Waals surface area (Å²) in [5.41, 5.74) is 0. The van der Waals surface area contributed by atoms with Gasteiger partial charge in [-0.2, -0.15) is 0 Å². The maximum atomic E-state index is 11.4. The Bertz CT molecular complexity index is 208. The standard InChI is InChI=1S/C16H34O3P/c1-15(2)11-7-5-9-13-18-20(17)19-14-10-6-8-12-16(3)4/h15-16H,5-14H2,1-4H3/q+1. The second-order valence-corrected chi connectivity index (χ2v) is 7.34. The van der Waals surface area contributed by atoms with Gasteiger partial charge in [0.25, 0.3) is 0 Å². The predicted octanol–water partition coefficient (Wildman–Crippen LogP) is 6.11. The Balaban J connectivity index is 3.21. The molecule has 20 heavy (non-hydrogen) atoms. The molecule has 4 heteroatoms. The van der Waals surface area contributed by atoms with E-state index < -0.39 is 8.25 Å². The zero-order valence-corrected chi connectivity index (χ0v) is 14.8. The van der Waals surface area contributed by atoms with Crippen LogP contribution in [0.25, 0.3) is 0 Å². The van der Waals surface area contributed by atoms with E-state index >= 15 is 0 Å². The summed E-state index contributed by atoms with van der Waals surface area (Å²) >= 11 is 0. The summed E-state index contributed by atoms with van der Waals surface area (Å²) in [6.07, 6.45) is 9.24. The zero-order chi connectivity index (χ0) is 15.2. The molecule has 0 radical (unpaired) electrons. The van der Waals surface area contributed by atoms with Crippen molar-refractivity contribution in [1.29, 1.82) is 0 Å². The molecular weight excluding hydrogens is 271 g/mol. The van der Waals surface area contributed by atoms with Crippen molar-refractivity contribution < 1.29 is 13.6 Å². The van der Waals surface area contributed by atoms with Gasteiger partial charge in [0.1, 0.15) is 13.2 Å². The third-order valence-electron chi connectivity index (χ3n) is 3.25. The van der Waals surface area contributed by atoms with Crippen molar-refractivity contribution in [2.75, 3.05) is 13.2 Å². The SMILES string of the molecule is CC(C)CCCCCO[P+](=O)OCCCCCC(C)C. The summed E-state index contributed by atoms with van der Waals surface area (Å²) in [5, 5.41) is 0. The molecule has 0 aromatic carbocycles. The highest BCUT2D eigenvalue weighted by atomic mass is 31.1. The minimum absolute atomic E-state index is 0.556. The Hall–Kier alpha value is 0.0200. The fourth-order valence-corrected chi connectivity index (χ4v) is 2.61. The van der Waals surface area contributed by atoms with Gasteiger partial charge in [0.15, 0.2) is 0 Å². The fraction of sp³-hybridized carbons (Fsp3) is 1.00. The highest BCUT2D eigenvalue weighted by Gasteiger charge is 2.18. The van der Waals surface area contributed by atoms with E-state index in [9.17, 15) is 4.57 Å². The van der Waals surface area contributed by atoms with E-state index in [4.69, 9.17) is 9.05 Å². The molecule has 0 N–H and O–H groups in total. The lowest BCUT2D eigenvalue weighted by Gasteiger charge is -2.02. The van der Waals surface area contributed by atoms with Crippen LogP contribution in [0.15, 0.2) is 0 Å². The molecule has 3 nitrogen and oxygen atoms in total. The Labute approximate surface area is 126 Å². The molecule has 120 valence electrons. The van der Waals surface area contributed by atoms with E-state index in [1.54, 1.807) is 0 Å². The Morgan fingerprint density at radius 3 is 1.45 bits per heavy atom. The molecular formula is C16H34O3P+. The molecule has 0 aliphatic carbocycles. The third kappa shape index (κ3) is 16.1. The van der Waals surface area contributed by atoms with Gasteiger partial charge in [0.05, 0.1) is 0 Å². The van der Waals surface area contributed by atoms with E-state index in [1.165, 1.54) is 25.7 Å². The van der Waals surface area contributed by atoms with Crippen molar-refractivity contribution in [1.82, 2.24) is 0 Å². The fourth-order valence-electron chi connectivity index (χ4n) is 1.98. The first-order chi connectivity index (χ1) is 9.52. The van der Waals surface area contributed by atoms with Gasteiger partial charge in [-0.3, -0.25) is 0 Å². The number of hydrogen-bond acceptors (Lipinski definition) is 3. The largest absolute Gasteiger partial charge is 0.697 e. The molecule has 0 bridgehead atoms. The first-order valence-electron chi connectivity index (χ1n) is 8.25. The number of rotatable bonds is 14. The minimum atomic E-state index is -1.90. The quantitative estimate of drug-likeness (QED) is 0.287. The summed E-state index contributed by atoms with van der Waals surface area (Å²) in [5.74, 6) is 1.54. The normalized spacial score (nSPS) is 11.5. The van der Waals surface area contributed by atoms with E-state index in [0.717, 1.165) is 37.5 Å². The van der Waals surface area contributed by atoms with Gasteiger partial charge in [0.2, 0.25) is 0 Å². The van der Waals surface area contributed by atoms with Crippen LogP contribution in [0.1, 0.15) is 79.1 Å². The monoisotopic (exact) mass is 305 g/mol. The lowest BCUT2D eigenvalue weighted by Crippen LogP contribution is -1.94. The molecule has 0 unspecified atom stereocenters. The smallest absolute Gasteiger partial charge is 0.119 e. The zero-order valence-electron chi connectivity index (χ0n) is 13.9. The first kappa shape index (κ1) is 20.0. The molecule has 0 rings (SSSR count). The molecule has 0 heterocycles. The lowest BCUT2D eigenvalue weighted by molar-refractivity contribution is 0.217. The van der Waals surface area contributed by atoms with Gasteiger partial charge in [-0.05, 0) is 24.7 Å². The van der Waals surface area contributed by atoms with E-state index in [2.05, 4.69) is 27.7 Å². The van der Waals surface area contributed by atoms with Crippen LogP contribution in [0.3, 0.4) is 0 Å². The second-order valence-electron chi connectivity index (χ2n) is 6.38. The van der Waals surface area contributed by atoms with Crippen LogP contribution in [-0.2, 0) is 13.6 Å². The van der Waals surface area contributed by atoms with Crippen molar-refractivity contribution >= 4 is 8.25 Å². The van der Waals surface area contributed by atoms with Crippen LogP contribution in [0.5, 0.6) is 0 Å². The summed E-state index contributed by atoms with van der Waals surface area (Å²) < 4.78 is 21.8. The lowest BCUT2D eigenvalue weighted by atomic mass is 10.1. The van der Waals surface area contributed by atoms with Gasteiger partial charge in [-0.1, -0.05) is 66.2 Å². The van der Waals surface area contributed by atoms with Crippen molar-refractivity contribution in [2.24, 2.45) is 11.8 Å². The molecule has 0 saturated carbocycles. The third-order valence-corrected chi connectivity index (χ3v) is 4.03. The van der Waals surface area contributed by atoms with E-state index in [-0.39, 0.29) is 0 Å². The number of unbranched alkanes of at least 4 members (excludes halogenated alkanes) is 4. The molecule has 0 aromatic heterocycles. The second kappa shape index (κ2) is 14.0. The molecule has 0 spiro atoms. The molecule has 0 aliphatic heterocycles. The summed E-state index contributed by atoms with van der Waals surface area (Å²) in [6, 6.07) is 0. The van der Waals surface area contributed by atoms with Crippen molar-refractivity contribution in [2.45, 2.75) is 79.1 Å². The summed E-state index contributed by atoms with van der Waals surface area (Å²) in [4.78, 5) is 0. The molecule has 0 atom stereocenters. The molecule has 0 aliphatic rings. The van der Waals surface area contributed by atoms with Crippen molar-refractivity contribution in [3.63, 3.8) is 0 Å². The van der Waals surface area contributed by atoms with Crippen LogP contribution in [0.4, 0.5) is 0 Å². The van der Waals surface area contributed by atoms with Gasteiger partial charge < -0.3 is 0 Å². The van der Waals surface area contributed by atoms with Crippen LogP contribution < -0.4 is 0 Å². The molecule has 0 aromatic rings. The molecule has 0 saturated heterocycles. The van der Waals surface area contributed by atoms with Crippen LogP contribution in [-0.4, -0.2) is 13.2 Å². The first-order valence-corrected chi connectivity index (χ1v) is 9.35. The topological polar surface area (TPSA) is 35.5 Å². The summed E-state index contributed by atoms with van der Waals surface area (Å²) in [6.45, 7) is 10.1. The van der Waals surface area contributed by atoms with Crippen LogP contribution in [0.2, 0.25) is 0 Å². The van der Waals surface area contributed by atoms with Crippen molar-refractivity contribution in [3.8, 4) is 0 Å². The highest BCUT2D eigenvalue weighted by Crippen LogP contribution is 2.25. The minimum Gasteiger partial charge on any atom is -0.119 e. The van der Waals surface area contributed by atoms with E-state index in [0.29, 0.717) is 13.2 Å². The Morgan fingerprint density at radius 2 is 1.10 bits per heavy atom. The Kier molecular flexibility index (Phi) is 14.0. The average molecular weight is 305 g/mol. The molecule has 0 fully saturated rings. The maximum Gasteiger partial charge on any atom is 0.697 e. The van der Waals surface area contributed by atoms with Gasteiger partial charge >= 0.3 is 8.25 Å². The summed E-state index contributed by atoms with van der Waals surface area (Å²) in [7, 11) is -1.90. The number of hydrogen-bond donors (Lipinski definition) is 0. The highest BCUT2D eigenvalue weighted by molar-refractivity contribution is 7.33. The van der Waals surface area contributed by atoms with Crippen molar-refractivity contribution in [3.05, 3.63) is 0 Å². The molecule has 0 amide bonds. The van der Waals surface area contributed by atoms with Crippen LogP contribution >= 0.6 is 8.25 Å². The average Bonchev–Trinajstić information content (AvgIpc) is 2.37.